The largest absolute Gasteiger partial charge is 0.311 e. The molecule has 0 aromatic heterocycles. The van der Waals surface area contributed by atoms with Crippen LogP contribution in [0.4, 0.5) is 0 Å². The third-order valence-corrected chi connectivity index (χ3v) is 3.00. The summed E-state index contributed by atoms with van der Waals surface area (Å²) < 4.78 is 0. The summed E-state index contributed by atoms with van der Waals surface area (Å²) in [4.78, 5) is 13.6. The van der Waals surface area contributed by atoms with Gasteiger partial charge in [0.15, 0.2) is 0 Å². The molecule has 0 radical (unpaired) electrons. The number of carbonyl (C=O) groups is 1. The van der Waals surface area contributed by atoms with Crippen molar-refractivity contribution in [2.75, 3.05) is 6.54 Å². The lowest BCUT2D eigenvalue weighted by atomic mass is 10.1. The molecule has 1 N–H and O–H groups in total. The van der Waals surface area contributed by atoms with Crippen molar-refractivity contribution in [3.63, 3.8) is 0 Å². The lowest BCUT2D eigenvalue weighted by Crippen LogP contribution is -2.21. The molecule has 1 saturated heterocycles. The number of allylic oxidation sites excluding steroid dienone is 6. The maximum atomic E-state index is 12.0. The zero-order valence-electron chi connectivity index (χ0n) is 16.6. The third kappa shape index (κ3) is 10.8. The van der Waals surface area contributed by atoms with Crippen molar-refractivity contribution in [3.8, 4) is 0 Å². The predicted molar refractivity (Wildman–Crippen MR) is 108 cm³/mol. The highest BCUT2D eigenvalue weighted by atomic mass is 16.2. The number of amides is 1. The Hall–Kier alpha value is -1.87. The van der Waals surface area contributed by atoms with E-state index in [9.17, 15) is 4.79 Å². The fraction of sp³-hybridized carbons (Fsp3) is 0.476. The monoisotopic (exact) mass is 332 g/mol. The first-order valence-electron chi connectivity index (χ1n) is 8.94. The molecule has 1 rings (SSSR count). The molecule has 1 unspecified atom stereocenters. The normalized spacial score (nSPS) is 16.9. The van der Waals surface area contributed by atoms with Crippen LogP contribution in [0.3, 0.4) is 0 Å². The molecule has 1 aliphatic heterocycles. The molecule has 0 aromatic carbocycles. The maximum absolute atomic E-state index is 12.0. The van der Waals surface area contributed by atoms with Crippen LogP contribution in [0.5, 0.6) is 0 Å². The molecule has 3 heteroatoms. The van der Waals surface area contributed by atoms with E-state index in [1.807, 2.05) is 72.8 Å². The Bertz CT molecular complexity index is 466. The number of nitrogens with one attached hydrogen (secondary N) is 1. The Morgan fingerprint density at radius 3 is 2.17 bits per heavy atom. The zero-order chi connectivity index (χ0) is 19.0. The second-order valence-corrected chi connectivity index (χ2v) is 4.75. The van der Waals surface area contributed by atoms with Gasteiger partial charge in [-0.05, 0) is 44.9 Å². The third-order valence-electron chi connectivity index (χ3n) is 3.00. The SMILES string of the molecule is C=C/C(=C\C=C(/C)N(/C=C\C)C(=O)/C=C\C)CC1CN1.CC.CC. The smallest absolute Gasteiger partial charge is 0.254 e. The second-order valence-electron chi connectivity index (χ2n) is 4.75. The molecule has 0 saturated carbocycles. The first-order valence-corrected chi connectivity index (χ1v) is 8.94. The van der Waals surface area contributed by atoms with Crippen LogP contribution in [0, 0.1) is 0 Å². The summed E-state index contributed by atoms with van der Waals surface area (Å²) in [5.41, 5.74) is 2.06. The summed E-state index contributed by atoms with van der Waals surface area (Å²) in [5, 5.41) is 3.27. The van der Waals surface area contributed by atoms with E-state index in [0.717, 1.165) is 18.7 Å². The summed E-state index contributed by atoms with van der Waals surface area (Å²) in [5.74, 6) is -0.0447. The molecule has 1 aliphatic rings. The highest BCUT2D eigenvalue weighted by molar-refractivity contribution is 5.89. The number of carbonyl (C=O) groups excluding carboxylic acids is 1. The van der Waals surface area contributed by atoms with Gasteiger partial charge in [0, 0.05) is 24.5 Å². The van der Waals surface area contributed by atoms with Crippen molar-refractivity contribution >= 4 is 5.91 Å². The molecule has 1 amide bonds. The van der Waals surface area contributed by atoms with Gasteiger partial charge in [0.2, 0.25) is 0 Å². The number of hydrogen-bond donors (Lipinski definition) is 1. The van der Waals surface area contributed by atoms with Gasteiger partial charge in [-0.1, -0.05) is 58.6 Å². The highest BCUT2D eigenvalue weighted by Crippen LogP contribution is 2.14. The first kappa shape index (κ1) is 24.4. The van der Waals surface area contributed by atoms with E-state index in [2.05, 4.69) is 11.9 Å². The molecule has 0 bridgehead atoms. The van der Waals surface area contributed by atoms with E-state index in [0.29, 0.717) is 6.04 Å². The Morgan fingerprint density at radius 2 is 1.75 bits per heavy atom. The molecule has 136 valence electrons. The lowest BCUT2D eigenvalue weighted by molar-refractivity contribution is -0.122. The van der Waals surface area contributed by atoms with Crippen molar-refractivity contribution in [2.24, 2.45) is 0 Å². The van der Waals surface area contributed by atoms with Gasteiger partial charge in [-0.2, -0.15) is 0 Å². The number of nitrogens with zero attached hydrogens (tertiary/aromatic N) is 1. The van der Waals surface area contributed by atoms with Crippen LogP contribution in [0.1, 0.15) is 54.9 Å². The molecule has 1 fully saturated rings. The minimum absolute atomic E-state index is 0.0447. The summed E-state index contributed by atoms with van der Waals surface area (Å²) in [7, 11) is 0. The first-order chi connectivity index (χ1) is 11.6. The van der Waals surface area contributed by atoms with Crippen LogP contribution in [-0.4, -0.2) is 23.4 Å². The van der Waals surface area contributed by atoms with Gasteiger partial charge in [0.1, 0.15) is 0 Å². The Balaban J connectivity index is 0. The standard InChI is InChI=1S/C17H24N2O.2C2H6/c1-5-8-17(20)19(11-6-2)14(4)9-10-15(7-3)12-16-13-18-16;2*1-2/h5-11,16,18H,3,12-13H2,1-2,4H3;2*1-2H3/b8-5-,11-6-,14-9+,15-10+;;. The topological polar surface area (TPSA) is 42.2 Å². The van der Waals surface area contributed by atoms with E-state index in [-0.39, 0.29) is 5.91 Å². The van der Waals surface area contributed by atoms with Gasteiger partial charge < -0.3 is 5.32 Å². The molecular weight excluding hydrogens is 296 g/mol. The number of rotatable bonds is 7. The van der Waals surface area contributed by atoms with E-state index in [4.69, 9.17) is 0 Å². The van der Waals surface area contributed by atoms with Crippen LogP contribution in [0.2, 0.25) is 0 Å². The minimum atomic E-state index is -0.0447. The lowest BCUT2D eigenvalue weighted by Gasteiger charge is -2.16. The highest BCUT2D eigenvalue weighted by Gasteiger charge is 2.19. The summed E-state index contributed by atoms with van der Waals surface area (Å²) >= 11 is 0. The van der Waals surface area contributed by atoms with Crippen LogP contribution in [0.15, 0.2) is 60.5 Å². The Labute approximate surface area is 149 Å². The van der Waals surface area contributed by atoms with E-state index in [1.54, 1.807) is 23.3 Å². The second kappa shape index (κ2) is 16.0. The molecule has 24 heavy (non-hydrogen) atoms. The van der Waals surface area contributed by atoms with Gasteiger partial charge in [0.05, 0.1) is 0 Å². The molecule has 0 spiro atoms. The van der Waals surface area contributed by atoms with Crippen LogP contribution < -0.4 is 5.32 Å². The average Bonchev–Trinajstić information content (AvgIpc) is 3.44. The summed E-state index contributed by atoms with van der Waals surface area (Å²) in [6, 6.07) is 0.587. The zero-order valence-corrected chi connectivity index (χ0v) is 16.6. The van der Waals surface area contributed by atoms with Crippen molar-refractivity contribution in [3.05, 3.63) is 60.5 Å². The molecule has 3 nitrogen and oxygen atoms in total. The van der Waals surface area contributed by atoms with Gasteiger partial charge in [-0.25, -0.2) is 0 Å². The Kier molecular flexibility index (Phi) is 16.3. The molecular formula is C21H36N2O. The fourth-order valence-electron chi connectivity index (χ4n) is 1.78. The van der Waals surface area contributed by atoms with Crippen molar-refractivity contribution in [1.29, 1.82) is 0 Å². The molecule has 0 aromatic rings. The van der Waals surface area contributed by atoms with Crippen LogP contribution in [0.25, 0.3) is 0 Å². The van der Waals surface area contributed by atoms with Gasteiger partial charge in [-0.3, -0.25) is 9.69 Å². The molecule has 0 aliphatic carbocycles. The van der Waals surface area contributed by atoms with Crippen molar-refractivity contribution < 1.29 is 4.79 Å². The van der Waals surface area contributed by atoms with Gasteiger partial charge in [0.25, 0.3) is 5.91 Å². The van der Waals surface area contributed by atoms with Crippen molar-refractivity contribution in [2.45, 2.75) is 60.9 Å². The van der Waals surface area contributed by atoms with Crippen molar-refractivity contribution in [1.82, 2.24) is 10.2 Å². The average molecular weight is 333 g/mol. The Morgan fingerprint density at radius 1 is 1.17 bits per heavy atom. The summed E-state index contributed by atoms with van der Waals surface area (Å²) in [6.07, 6.45) is 13.8. The predicted octanol–water partition coefficient (Wildman–Crippen LogP) is 5.36. The maximum Gasteiger partial charge on any atom is 0.254 e. The summed E-state index contributed by atoms with van der Waals surface area (Å²) in [6.45, 7) is 18.6. The van der Waals surface area contributed by atoms with Gasteiger partial charge >= 0.3 is 0 Å². The molecule has 1 heterocycles. The fourth-order valence-corrected chi connectivity index (χ4v) is 1.78. The van der Waals surface area contributed by atoms with E-state index < -0.39 is 0 Å². The quantitative estimate of drug-likeness (QED) is 0.387. The molecule has 1 atom stereocenters. The van der Waals surface area contributed by atoms with Crippen LogP contribution >= 0.6 is 0 Å². The minimum Gasteiger partial charge on any atom is -0.311 e. The number of hydrogen-bond acceptors (Lipinski definition) is 2. The van der Waals surface area contributed by atoms with E-state index in [1.165, 1.54) is 5.57 Å². The van der Waals surface area contributed by atoms with Gasteiger partial charge in [-0.15, -0.1) is 0 Å². The van der Waals surface area contributed by atoms with E-state index >= 15 is 0 Å². The van der Waals surface area contributed by atoms with Crippen LogP contribution in [-0.2, 0) is 4.79 Å².